The Bertz CT molecular complexity index is 432. The van der Waals surface area contributed by atoms with Crippen molar-refractivity contribution in [3.8, 4) is 0 Å². The molecule has 0 fully saturated rings. The highest BCUT2D eigenvalue weighted by Crippen LogP contribution is 2.12. The highest BCUT2D eigenvalue weighted by atomic mass is 16.4. The molecule has 1 aromatic heterocycles. The van der Waals surface area contributed by atoms with E-state index in [4.69, 9.17) is 5.11 Å². The maximum atomic E-state index is 11.5. The van der Waals surface area contributed by atoms with Crippen molar-refractivity contribution in [1.29, 1.82) is 0 Å². The second kappa shape index (κ2) is 5.29. The van der Waals surface area contributed by atoms with E-state index in [0.717, 1.165) is 0 Å². The maximum absolute atomic E-state index is 11.5. The molecule has 0 saturated heterocycles. The van der Waals surface area contributed by atoms with Gasteiger partial charge in [-0.05, 0) is 12.1 Å². The Balaban J connectivity index is 2.82. The van der Waals surface area contributed by atoms with E-state index in [1.165, 1.54) is 17.2 Å². The number of likely N-dealkylation sites (N-methyl/N-ethyl adjacent to an activating group) is 2. The van der Waals surface area contributed by atoms with Gasteiger partial charge in [-0.15, -0.1) is 0 Å². The molecule has 0 aliphatic carbocycles. The molecule has 0 saturated carbocycles. The largest absolute Gasteiger partial charge is 0.477 e. The SMILES string of the molecule is CN(C)C(=O)CN(C)c1ccnc(C(=O)O)c1. The van der Waals surface area contributed by atoms with Crippen LogP contribution in [-0.4, -0.2) is 54.6 Å². The first kappa shape index (κ1) is 13.0. The molecule has 1 amide bonds. The molecule has 1 aromatic rings. The van der Waals surface area contributed by atoms with Gasteiger partial charge < -0.3 is 14.9 Å². The molecule has 0 aromatic carbocycles. The van der Waals surface area contributed by atoms with E-state index < -0.39 is 5.97 Å². The third kappa shape index (κ3) is 3.44. The van der Waals surface area contributed by atoms with Gasteiger partial charge in [0.05, 0.1) is 6.54 Å². The Hall–Kier alpha value is -2.11. The van der Waals surface area contributed by atoms with Gasteiger partial charge in [-0.1, -0.05) is 0 Å². The summed E-state index contributed by atoms with van der Waals surface area (Å²) in [6.45, 7) is 0.191. The number of aromatic nitrogens is 1. The first-order valence-electron chi connectivity index (χ1n) is 5.02. The van der Waals surface area contributed by atoms with Crippen molar-refractivity contribution in [2.45, 2.75) is 0 Å². The molecular formula is C11H15N3O3. The first-order valence-corrected chi connectivity index (χ1v) is 5.02. The molecule has 0 unspecified atom stereocenters. The predicted octanol–water partition coefficient (Wildman–Crippen LogP) is 0.304. The fraction of sp³-hybridized carbons (Fsp3) is 0.364. The third-order valence-corrected chi connectivity index (χ3v) is 2.27. The van der Waals surface area contributed by atoms with E-state index in [9.17, 15) is 9.59 Å². The minimum absolute atomic E-state index is 0.0355. The van der Waals surface area contributed by atoms with Gasteiger partial charge in [-0.3, -0.25) is 4.79 Å². The lowest BCUT2D eigenvalue weighted by Gasteiger charge is -2.20. The van der Waals surface area contributed by atoms with Gasteiger partial charge in [0.15, 0.2) is 0 Å². The lowest BCUT2D eigenvalue weighted by molar-refractivity contribution is -0.127. The summed E-state index contributed by atoms with van der Waals surface area (Å²) in [5, 5.41) is 8.80. The Morgan fingerprint density at radius 2 is 2.00 bits per heavy atom. The number of nitrogens with zero attached hydrogens (tertiary/aromatic N) is 3. The lowest BCUT2D eigenvalue weighted by atomic mass is 10.3. The van der Waals surface area contributed by atoms with Gasteiger partial charge in [0, 0.05) is 33.0 Å². The van der Waals surface area contributed by atoms with Gasteiger partial charge in [0.2, 0.25) is 5.91 Å². The van der Waals surface area contributed by atoms with Gasteiger partial charge in [0.1, 0.15) is 5.69 Å². The number of hydrogen-bond acceptors (Lipinski definition) is 4. The van der Waals surface area contributed by atoms with Crippen molar-refractivity contribution in [2.24, 2.45) is 0 Å². The second-order valence-electron chi connectivity index (χ2n) is 3.85. The van der Waals surface area contributed by atoms with Gasteiger partial charge >= 0.3 is 5.97 Å². The average Bonchev–Trinajstić information content (AvgIpc) is 2.28. The summed E-state index contributed by atoms with van der Waals surface area (Å²) in [6.07, 6.45) is 1.41. The molecule has 92 valence electrons. The molecule has 1 N–H and O–H groups in total. The van der Waals surface area contributed by atoms with Crippen molar-refractivity contribution in [2.75, 3.05) is 32.6 Å². The summed E-state index contributed by atoms with van der Waals surface area (Å²) < 4.78 is 0. The van der Waals surface area contributed by atoms with Crippen LogP contribution in [0.5, 0.6) is 0 Å². The van der Waals surface area contributed by atoms with Crippen LogP contribution in [0.1, 0.15) is 10.5 Å². The number of aromatic carboxylic acids is 1. The number of pyridine rings is 1. The molecule has 6 nitrogen and oxygen atoms in total. The molecule has 0 aliphatic heterocycles. The number of carbonyl (C=O) groups excluding carboxylic acids is 1. The molecule has 0 spiro atoms. The Morgan fingerprint density at radius 1 is 1.35 bits per heavy atom. The van der Waals surface area contributed by atoms with Crippen LogP contribution in [0.4, 0.5) is 5.69 Å². The normalized spacial score (nSPS) is 9.82. The topological polar surface area (TPSA) is 73.7 Å². The lowest BCUT2D eigenvalue weighted by Crippen LogP contribution is -2.34. The van der Waals surface area contributed by atoms with Crippen LogP contribution < -0.4 is 4.90 Å². The monoisotopic (exact) mass is 237 g/mol. The number of carboxylic acids is 1. The Morgan fingerprint density at radius 3 is 2.53 bits per heavy atom. The summed E-state index contributed by atoms with van der Waals surface area (Å²) in [5.74, 6) is -1.14. The molecule has 0 aliphatic rings. The summed E-state index contributed by atoms with van der Waals surface area (Å²) >= 11 is 0. The summed E-state index contributed by atoms with van der Waals surface area (Å²) in [4.78, 5) is 29.1. The zero-order chi connectivity index (χ0) is 13.0. The van der Waals surface area contributed by atoms with E-state index >= 15 is 0 Å². The van der Waals surface area contributed by atoms with Gasteiger partial charge in [-0.2, -0.15) is 0 Å². The first-order chi connectivity index (χ1) is 7.91. The zero-order valence-corrected chi connectivity index (χ0v) is 10.0. The molecule has 1 rings (SSSR count). The number of anilines is 1. The minimum Gasteiger partial charge on any atom is -0.477 e. The number of rotatable bonds is 4. The summed E-state index contributed by atoms with van der Waals surface area (Å²) in [7, 11) is 5.07. The Kier molecular flexibility index (Phi) is 4.03. The predicted molar refractivity (Wildman–Crippen MR) is 63.2 cm³/mol. The smallest absolute Gasteiger partial charge is 0.354 e. The van der Waals surface area contributed by atoms with Crippen molar-refractivity contribution >= 4 is 17.6 Å². The summed E-state index contributed by atoms with van der Waals surface area (Å²) in [6, 6.07) is 3.10. The fourth-order valence-corrected chi connectivity index (χ4v) is 1.21. The molecule has 1 heterocycles. The van der Waals surface area contributed by atoms with E-state index in [1.54, 1.807) is 32.1 Å². The van der Waals surface area contributed by atoms with Crippen LogP contribution in [-0.2, 0) is 4.79 Å². The molecule has 0 atom stereocenters. The van der Waals surface area contributed by atoms with E-state index in [0.29, 0.717) is 5.69 Å². The maximum Gasteiger partial charge on any atom is 0.354 e. The molecular weight excluding hydrogens is 222 g/mol. The van der Waals surface area contributed by atoms with Crippen molar-refractivity contribution < 1.29 is 14.7 Å². The van der Waals surface area contributed by atoms with Crippen LogP contribution in [0.25, 0.3) is 0 Å². The van der Waals surface area contributed by atoms with E-state index in [-0.39, 0.29) is 18.1 Å². The van der Waals surface area contributed by atoms with Crippen LogP contribution in [0.15, 0.2) is 18.3 Å². The molecule has 0 bridgehead atoms. The van der Waals surface area contributed by atoms with Crippen LogP contribution in [0.3, 0.4) is 0 Å². The standard InChI is InChI=1S/C11H15N3O3/c1-13(2)10(15)7-14(3)8-4-5-12-9(6-8)11(16)17/h4-6H,7H2,1-3H3,(H,16,17). The summed E-state index contributed by atoms with van der Waals surface area (Å²) in [5.41, 5.74) is 0.610. The van der Waals surface area contributed by atoms with Crippen LogP contribution in [0.2, 0.25) is 0 Å². The highest BCUT2D eigenvalue weighted by molar-refractivity contribution is 5.87. The number of carboxylic acid groups (broad SMARTS) is 1. The molecule has 0 radical (unpaired) electrons. The molecule has 6 heteroatoms. The van der Waals surface area contributed by atoms with Crippen LogP contribution >= 0.6 is 0 Å². The molecule has 17 heavy (non-hydrogen) atoms. The second-order valence-corrected chi connectivity index (χ2v) is 3.85. The van der Waals surface area contributed by atoms with Crippen molar-refractivity contribution in [3.63, 3.8) is 0 Å². The fourth-order valence-electron chi connectivity index (χ4n) is 1.21. The highest BCUT2D eigenvalue weighted by Gasteiger charge is 2.11. The zero-order valence-electron chi connectivity index (χ0n) is 10.0. The van der Waals surface area contributed by atoms with Gasteiger partial charge in [0.25, 0.3) is 0 Å². The van der Waals surface area contributed by atoms with Crippen LogP contribution in [0, 0.1) is 0 Å². The van der Waals surface area contributed by atoms with Crippen molar-refractivity contribution in [1.82, 2.24) is 9.88 Å². The van der Waals surface area contributed by atoms with Crippen molar-refractivity contribution in [3.05, 3.63) is 24.0 Å². The number of carbonyl (C=O) groups is 2. The van der Waals surface area contributed by atoms with E-state index in [1.807, 2.05) is 0 Å². The quantitative estimate of drug-likeness (QED) is 0.815. The third-order valence-electron chi connectivity index (χ3n) is 2.27. The van der Waals surface area contributed by atoms with E-state index in [2.05, 4.69) is 4.98 Å². The minimum atomic E-state index is -1.08. The number of amides is 1. The number of hydrogen-bond donors (Lipinski definition) is 1. The Labute approximate surface area is 99.5 Å². The average molecular weight is 237 g/mol. The van der Waals surface area contributed by atoms with Gasteiger partial charge in [-0.25, -0.2) is 9.78 Å².